The highest BCUT2D eigenvalue weighted by molar-refractivity contribution is 5.76. The van der Waals surface area contributed by atoms with E-state index in [2.05, 4.69) is 24.2 Å². The number of carbonyl (C=O) groups excluding carboxylic acids is 1. The second-order valence-corrected chi connectivity index (χ2v) is 7.69. The van der Waals surface area contributed by atoms with Crippen LogP contribution in [0.25, 0.3) is 0 Å². The number of carbonyl (C=O) groups is 2. The third kappa shape index (κ3) is 3.11. The number of phenols is 1. The lowest BCUT2D eigenvalue weighted by molar-refractivity contribution is -0.136. The Kier molecular flexibility index (Phi) is 4.84. The number of likely N-dealkylation sites (tertiary alicyclic amines) is 1. The molecule has 1 heterocycles. The molecule has 3 rings (SSSR count). The summed E-state index contributed by atoms with van der Waals surface area (Å²) < 4.78 is 0. The van der Waals surface area contributed by atoms with Gasteiger partial charge in [0, 0.05) is 25.0 Å². The Hall–Kier alpha value is -2.28. The van der Waals surface area contributed by atoms with Crippen molar-refractivity contribution in [1.82, 2.24) is 15.1 Å². The minimum atomic E-state index is -0.932. The highest BCUT2D eigenvalue weighted by Crippen LogP contribution is 2.47. The third-order valence-corrected chi connectivity index (χ3v) is 6.06. The molecule has 0 spiro atoms. The smallest absolute Gasteiger partial charge is 0.317 e. The Labute approximate surface area is 153 Å². The van der Waals surface area contributed by atoms with Crippen LogP contribution in [0.2, 0.25) is 0 Å². The standard InChI is InChI=1S/C19H27N3O4/c1-19-7-9-21(2)15(10-12-4-5-13(23)11-14(12)19)17(19)22(3)18(26)20-8-6-16(24)25/h4-5,11,15,17,23H,6-10H2,1-3H3,(H,20,26)(H,24,25)/t15?,17-,19-/m1/s1. The van der Waals surface area contributed by atoms with Crippen molar-refractivity contribution in [2.75, 3.05) is 27.2 Å². The van der Waals surface area contributed by atoms with Crippen LogP contribution >= 0.6 is 0 Å². The minimum Gasteiger partial charge on any atom is -0.508 e. The predicted molar refractivity (Wildman–Crippen MR) is 97.4 cm³/mol. The summed E-state index contributed by atoms with van der Waals surface area (Å²) in [6.07, 6.45) is 1.61. The summed E-state index contributed by atoms with van der Waals surface area (Å²) in [4.78, 5) is 27.3. The number of urea groups is 1. The number of fused-ring (bicyclic) bond motifs is 4. The van der Waals surface area contributed by atoms with Crippen LogP contribution in [0, 0.1) is 0 Å². The van der Waals surface area contributed by atoms with Crippen LogP contribution < -0.4 is 5.32 Å². The van der Waals surface area contributed by atoms with E-state index in [1.165, 1.54) is 5.56 Å². The summed E-state index contributed by atoms with van der Waals surface area (Å²) in [7, 11) is 3.86. The van der Waals surface area contributed by atoms with Crippen molar-refractivity contribution in [2.24, 2.45) is 0 Å². The van der Waals surface area contributed by atoms with Crippen molar-refractivity contribution in [2.45, 2.75) is 43.7 Å². The Morgan fingerprint density at radius 3 is 2.85 bits per heavy atom. The second kappa shape index (κ2) is 6.79. The highest BCUT2D eigenvalue weighted by atomic mass is 16.4. The predicted octanol–water partition coefficient (Wildman–Crippen LogP) is 1.39. The zero-order valence-corrected chi connectivity index (χ0v) is 15.5. The summed E-state index contributed by atoms with van der Waals surface area (Å²) in [5, 5.41) is 21.5. The van der Waals surface area contributed by atoms with Crippen molar-refractivity contribution < 1.29 is 19.8 Å². The topological polar surface area (TPSA) is 93.1 Å². The number of piperidine rings is 1. The summed E-state index contributed by atoms with van der Waals surface area (Å²) in [6, 6.07) is 5.41. The molecule has 3 N–H and O–H groups in total. The van der Waals surface area contributed by atoms with Crippen molar-refractivity contribution in [1.29, 1.82) is 0 Å². The monoisotopic (exact) mass is 361 g/mol. The number of hydrogen-bond acceptors (Lipinski definition) is 4. The molecule has 1 saturated heterocycles. The highest BCUT2D eigenvalue weighted by Gasteiger charge is 2.52. The van der Waals surface area contributed by atoms with Gasteiger partial charge in [-0.15, -0.1) is 0 Å². The molecule has 0 saturated carbocycles. The number of nitrogens with zero attached hydrogens (tertiary/aromatic N) is 2. The third-order valence-electron chi connectivity index (χ3n) is 6.06. The van der Waals surface area contributed by atoms with E-state index in [9.17, 15) is 14.7 Å². The first-order valence-electron chi connectivity index (χ1n) is 8.99. The summed E-state index contributed by atoms with van der Waals surface area (Å²) in [5.41, 5.74) is 2.07. The maximum atomic E-state index is 12.6. The summed E-state index contributed by atoms with van der Waals surface area (Å²) in [5.74, 6) is -0.687. The molecule has 1 fully saturated rings. The van der Waals surface area contributed by atoms with E-state index in [1.54, 1.807) is 18.0 Å². The van der Waals surface area contributed by atoms with Gasteiger partial charge in [0.15, 0.2) is 0 Å². The van der Waals surface area contributed by atoms with Crippen LogP contribution in [0.1, 0.15) is 30.9 Å². The number of carboxylic acids is 1. The Morgan fingerprint density at radius 2 is 2.15 bits per heavy atom. The average molecular weight is 361 g/mol. The van der Waals surface area contributed by atoms with Crippen molar-refractivity contribution in [3.8, 4) is 5.75 Å². The molecule has 7 heteroatoms. The minimum absolute atomic E-state index is 0.0552. The number of benzene rings is 1. The zero-order chi connectivity index (χ0) is 19.1. The molecule has 1 aliphatic heterocycles. The Bertz CT molecular complexity index is 723. The molecule has 142 valence electrons. The lowest BCUT2D eigenvalue weighted by atomic mass is 9.61. The van der Waals surface area contributed by atoms with Crippen LogP contribution in [0.5, 0.6) is 5.75 Å². The molecule has 2 bridgehead atoms. The van der Waals surface area contributed by atoms with Crippen molar-refractivity contribution >= 4 is 12.0 Å². The number of nitrogens with one attached hydrogen (secondary N) is 1. The molecule has 7 nitrogen and oxygen atoms in total. The normalized spacial score (nSPS) is 27.5. The van der Waals surface area contributed by atoms with Gasteiger partial charge in [-0.3, -0.25) is 4.79 Å². The SMILES string of the molecule is CN1CC[C@]2(C)c3cc(O)ccc3CC1[C@H]2N(C)C(=O)NCCC(=O)O. The molecule has 0 radical (unpaired) electrons. The van der Waals surface area contributed by atoms with Gasteiger partial charge in [0.05, 0.1) is 12.5 Å². The largest absolute Gasteiger partial charge is 0.508 e. The van der Waals surface area contributed by atoms with E-state index in [-0.39, 0.29) is 42.2 Å². The molecular weight excluding hydrogens is 334 g/mol. The molecule has 1 aliphatic carbocycles. The molecule has 1 aromatic rings. The van der Waals surface area contributed by atoms with Gasteiger partial charge in [-0.2, -0.15) is 0 Å². The number of hydrogen-bond donors (Lipinski definition) is 3. The first-order chi connectivity index (χ1) is 12.2. The fourth-order valence-corrected chi connectivity index (χ4v) is 4.66. The van der Waals surface area contributed by atoms with Crippen LogP contribution in [0.3, 0.4) is 0 Å². The van der Waals surface area contributed by atoms with E-state index >= 15 is 0 Å². The first kappa shape index (κ1) is 18.5. The molecule has 1 aromatic carbocycles. The fourth-order valence-electron chi connectivity index (χ4n) is 4.66. The Balaban J connectivity index is 1.90. The first-order valence-corrected chi connectivity index (χ1v) is 8.99. The van der Waals surface area contributed by atoms with Crippen LogP contribution in [0.15, 0.2) is 18.2 Å². The van der Waals surface area contributed by atoms with Crippen molar-refractivity contribution in [3.05, 3.63) is 29.3 Å². The molecular formula is C19H27N3O4. The van der Waals surface area contributed by atoms with Gasteiger partial charge in [-0.05, 0) is 49.7 Å². The van der Waals surface area contributed by atoms with Gasteiger partial charge in [0.25, 0.3) is 0 Å². The number of phenolic OH excluding ortho intramolecular Hbond substituents is 1. The van der Waals surface area contributed by atoms with E-state index in [1.807, 2.05) is 12.1 Å². The van der Waals surface area contributed by atoms with Gasteiger partial charge < -0.3 is 25.3 Å². The number of likely N-dealkylation sites (N-methyl/N-ethyl adjacent to an activating group) is 2. The van der Waals surface area contributed by atoms with Crippen LogP contribution in [-0.2, 0) is 16.6 Å². The number of rotatable bonds is 4. The van der Waals surface area contributed by atoms with Crippen molar-refractivity contribution in [3.63, 3.8) is 0 Å². The molecule has 26 heavy (non-hydrogen) atoms. The number of aliphatic carboxylic acids is 1. The van der Waals surface area contributed by atoms with Gasteiger partial charge in [0.2, 0.25) is 0 Å². The fraction of sp³-hybridized carbons (Fsp3) is 0.579. The van der Waals surface area contributed by atoms with Gasteiger partial charge in [0.1, 0.15) is 5.75 Å². The molecule has 2 aliphatic rings. The van der Waals surface area contributed by atoms with E-state index < -0.39 is 5.97 Å². The molecule has 1 unspecified atom stereocenters. The van der Waals surface area contributed by atoms with E-state index in [4.69, 9.17) is 5.11 Å². The zero-order valence-electron chi connectivity index (χ0n) is 15.5. The van der Waals surface area contributed by atoms with Gasteiger partial charge in [-0.1, -0.05) is 13.0 Å². The lowest BCUT2D eigenvalue weighted by Crippen LogP contribution is -2.68. The maximum absolute atomic E-state index is 12.6. The van der Waals surface area contributed by atoms with Crippen LogP contribution in [0.4, 0.5) is 4.79 Å². The number of carboxylic acid groups (broad SMARTS) is 1. The summed E-state index contributed by atoms with van der Waals surface area (Å²) in [6.45, 7) is 3.21. The van der Waals surface area contributed by atoms with Crippen LogP contribution in [-0.4, -0.2) is 71.3 Å². The van der Waals surface area contributed by atoms with E-state index in [0.29, 0.717) is 0 Å². The molecule has 0 aromatic heterocycles. The number of aromatic hydroxyl groups is 1. The second-order valence-electron chi connectivity index (χ2n) is 7.69. The Morgan fingerprint density at radius 1 is 1.42 bits per heavy atom. The number of amides is 2. The molecule has 3 atom stereocenters. The van der Waals surface area contributed by atoms with E-state index in [0.717, 1.165) is 24.9 Å². The average Bonchev–Trinajstić information content (AvgIpc) is 2.58. The summed E-state index contributed by atoms with van der Waals surface area (Å²) >= 11 is 0. The van der Waals surface area contributed by atoms with Gasteiger partial charge in [-0.25, -0.2) is 4.79 Å². The quantitative estimate of drug-likeness (QED) is 0.754. The van der Waals surface area contributed by atoms with Gasteiger partial charge >= 0.3 is 12.0 Å². The lowest BCUT2D eigenvalue weighted by Gasteiger charge is -2.57. The molecule has 2 amide bonds. The maximum Gasteiger partial charge on any atom is 0.317 e.